The molecular formula is C14H18ClNO3. The van der Waals surface area contributed by atoms with Crippen LogP contribution in [-0.4, -0.2) is 30.3 Å². The standard InChI is InChI=1S/C14H18ClNO3/c1-14(13(18)19-2)7-9(8-17)12(16-14)10-5-3-4-6-11(10)15/h3-6,9,12,16-17H,7-8H2,1-2H3. The molecule has 1 aliphatic heterocycles. The Morgan fingerprint density at radius 1 is 1.58 bits per heavy atom. The number of aliphatic hydroxyl groups excluding tert-OH is 1. The van der Waals surface area contributed by atoms with E-state index < -0.39 is 5.54 Å². The molecule has 4 nitrogen and oxygen atoms in total. The molecule has 0 aliphatic carbocycles. The van der Waals surface area contributed by atoms with Gasteiger partial charge in [-0.2, -0.15) is 0 Å². The van der Waals surface area contributed by atoms with Crippen molar-refractivity contribution in [2.24, 2.45) is 5.92 Å². The molecule has 104 valence electrons. The van der Waals surface area contributed by atoms with Crippen molar-refractivity contribution in [2.45, 2.75) is 24.9 Å². The Hall–Kier alpha value is -1.10. The predicted octanol–water partition coefficient (Wildman–Crippen LogP) is 1.91. The summed E-state index contributed by atoms with van der Waals surface area (Å²) in [4.78, 5) is 11.9. The average molecular weight is 284 g/mol. The van der Waals surface area contributed by atoms with Gasteiger partial charge < -0.3 is 9.84 Å². The van der Waals surface area contributed by atoms with Gasteiger partial charge in [0.05, 0.1) is 7.11 Å². The number of carbonyl (C=O) groups excluding carboxylic acids is 1. The second kappa shape index (κ2) is 5.49. The van der Waals surface area contributed by atoms with Crippen LogP contribution in [0.2, 0.25) is 5.02 Å². The Morgan fingerprint density at radius 3 is 2.84 bits per heavy atom. The van der Waals surface area contributed by atoms with E-state index in [2.05, 4.69) is 5.32 Å². The first-order chi connectivity index (χ1) is 9.01. The fourth-order valence-electron chi connectivity index (χ4n) is 2.76. The minimum atomic E-state index is -0.786. The number of nitrogens with one attached hydrogen (secondary N) is 1. The van der Waals surface area contributed by atoms with Crippen molar-refractivity contribution in [1.82, 2.24) is 5.32 Å². The van der Waals surface area contributed by atoms with Crippen LogP contribution in [0.5, 0.6) is 0 Å². The largest absolute Gasteiger partial charge is 0.468 e. The summed E-state index contributed by atoms with van der Waals surface area (Å²) in [6.07, 6.45) is 0.520. The summed E-state index contributed by atoms with van der Waals surface area (Å²) in [5.41, 5.74) is 0.113. The minimum Gasteiger partial charge on any atom is -0.468 e. The van der Waals surface area contributed by atoms with Crippen molar-refractivity contribution < 1.29 is 14.6 Å². The molecule has 0 saturated carbocycles. The number of rotatable bonds is 3. The van der Waals surface area contributed by atoms with Crippen molar-refractivity contribution in [1.29, 1.82) is 0 Å². The van der Waals surface area contributed by atoms with Crippen molar-refractivity contribution in [2.75, 3.05) is 13.7 Å². The Bertz CT molecular complexity index is 480. The normalized spacial score (nSPS) is 30.3. The zero-order valence-electron chi connectivity index (χ0n) is 11.0. The molecule has 0 aromatic heterocycles. The lowest BCUT2D eigenvalue weighted by Gasteiger charge is -2.23. The number of hydrogen-bond donors (Lipinski definition) is 2. The summed E-state index contributed by atoms with van der Waals surface area (Å²) < 4.78 is 4.83. The maximum atomic E-state index is 11.9. The quantitative estimate of drug-likeness (QED) is 0.832. The molecule has 2 N–H and O–H groups in total. The molecule has 3 atom stereocenters. The molecule has 0 amide bonds. The molecule has 1 fully saturated rings. The fourth-order valence-corrected chi connectivity index (χ4v) is 3.01. The van der Waals surface area contributed by atoms with Crippen LogP contribution in [0.25, 0.3) is 0 Å². The molecule has 0 spiro atoms. The third-order valence-electron chi connectivity index (χ3n) is 3.73. The van der Waals surface area contributed by atoms with Crippen LogP contribution in [0.3, 0.4) is 0 Å². The van der Waals surface area contributed by atoms with E-state index in [0.29, 0.717) is 11.4 Å². The second-order valence-electron chi connectivity index (χ2n) is 5.11. The zero-order valence-corrected chi connectivity index (χ0v) is 11.8. The molecule has 1 heterocycles. The summed E-state index contributed by atoms with van der Waals surface area (Å²) in [5.74, 6) is -0.385. The molecule has 1 saturated heterocycles. The first-order valence-electron chi connectivity index (χ1n) is 6.23. The number of benzene rings is 1. The van der Waals surface area contributed by atoms with Crippen LogP contribution in [0.15, 0.2) is 24.3 Å². The first-order valence-corrected chi connectivity index (χ1v) is 6.61. The SMILES string of the molecule is COC(=O)C1(C)CC(CO)C(c2ccccc2Cl)N1. The summed E-state index contributed by atoms with van der Waals surface area (Å²) in [7, 11) is 1.37. The molecule has 0 bridgehead atoms. The highest BCUT2D eigenvalue weighted by molar-refractivity contribution is 6.31. The molecule has 1 aromatic carbocycles. The average Bonchev–Trinajstić information content (AvgIpc) is 2.77. The van der Waals surface area contributed by atoms with E-state index in [0.717, 1.165) is 5.56 Å². The summed E-state index contributed by atoms with van der Waals surface area (Å²) in [6.45, 7) is 1.79. The Morgan fingerprint density at radius 2 is 2.26 bits per heavy atom. The maximum Gasteiger partial charge on any atom is 0.325 e. The van der Waals surface area contributed by atoms with Crippen molar-refractivity contribution >= 4 is 17.6 Å². The number of methoxy groups -OCH3 is 1. The molecule has 5 heteroatoms. The summed E-state index contributed by atoms with van der Waals surface area (Å²) >= 11 is 6.20. The van der Waals surface area contributed by atoms with E-state index in [1.165, 1.54) is 7.11 Å². The van der Waals surface area contributed by atoms with Gasteiger partial charge in [-0.05, 0) is 25.0 Å². The zero-order chi connectivity index (χ0) is 14.0. The van der Waals surface area contributed by atoms with Crippen molar-refractivity contribution in [3.05, 3.63) is 34.9 Å². The molecule has 1 aliphatic rings. The summed E-state index contributed by atoms with van der Waals surface area (Å²) in [6, 6.07) is 7.31. The molecule has 19 heavy (non-hydrogen) atoms. The lowest BCUT2D eigenvalue weighted by Crippen LogP contribution is -2.46. The number of esters is 1. The highest BCUT2D eigenvalue weighted by atomic mass is 35.5. The van der Waals surface area contributed by atoms with E-state index in [-0.39, 0.29) is 24.5 Å². The Labute approximate surface area is 117 Å². The molecule has 0 radical (unpaired) electrons. The molecule has 3 unspecified atom stereocenters. The van der Waals surface area contributed by atoms with Gasteiger partial charge >= 0.3 is 5.97 Å². The number of ether oxygens (including phenoxy) is 1. The van der Waals surface area contributed by atoms with Gasteiger partial charge in [-0.3, -0.25) is 10.1 Å². The summed E-state index contributed by atoms with van der Waals surface area (Å²) in [5, 5.41) is 13.4. The van der Waals surface area contributed by atoms with Crippen molar-refractivity contribution in [3.8, 4) is 0 Å². The van der Waals surface area contributed by atoms with Crippen LogP contribution >= 0.6 is 11.6 Å². The lowest BCUT2D eigenvalue weighted by atomic mass is 9.91. The van der Waals surface area contributed by atoms with Crippen LogP contribution < -0.4 is 5.32 Å². The molecule has 2 rings (SSSR count). The Balaban J connectivity index is 2.31. The number of hydrogen-bond acceptors (Lipinski definition) is 4. The molecular weight excluding hydrogens is 266 g/mol. The highest BCUT2D eigenvalue weighted by Crippen LogP contribution is 2.40. The first kappa shape index (κ1) is 14.3. The molecule has 1 aromatic rings. The highest BCUT2D eigenvalue weighted by Gasteiger charge is 2.47. The maximum absolute atomic E-state index is 11.9. The van der Waals surface area contributed by atoms with Crippen LogP contribution in [0.1, 0.15) is 24.9 Å². The Kier molecular flexibility index (Phi) is 4.13. The fraction of sp³-hybridized carbons (Fsp3) is 0.500. The van der Waals surface area contributed by atoms with Gasteiger partial charge in [0, 0.05) is 23.6 Å². The predicted molar refractivity (Wildman–Crippen MR) is 72.9 cm³/mol. The van der Waals surface area contributed by atoms with E-state index in [1.54, 1.807) is 13.0 Å². The van der Waals surface area contributed by atoms with Crippen molar-refractivity contribution in [3.63, 3.8) is 0 Å². The second-order valence-corrected chi connectivity index (χ2v) is 5.52. The monoisotopic (exact) mass is 283 g/mol. The van der Waals surface area contributed by atoms with Gasteiger partial charge in [0.1, 0.15) is 5.54 Å². The minimum absolute atomic E-state index is 0.00449. The lowest BCUT2D eigenvalue weighted by molar-refractivity contribution is -0.147. The number of aliphatic hydroxyl groups is 1. The van der Waals surface area contributed by atoms with Crippen LogP contribution in [0, 0.1) is 5.92 Å². The van der Waals surface area contributed by atoms with Crippen LogP contribution in [-0.2, 0) is 9.53 Å². The van der Waals surface area contributed by atoms with E-state index in [9.17, 15) is 9.90 Å². The number of halogens is 1. The van der Waals surface area contributed by atoms with Gasteiger partial charge in [0.2, 0.25) is 0 Å². The van der Waals surface area contributed by atoms with Gasteiger partial charge in [0.25, 0.3) is 0 Å². The number of carbonyl (C=O) groups is 1. The third kappa shape index (κ3) is 2.61. The van der Waals surface area contributed by atoms with Gasteiger partial charge in [0.15, 0.2) is 0 Å². The van der Waals surface area contributed by atoms with E-state index in [4.69, 9.17) is 16.3 Å². The topological polar surface area (TPSA) is 58.6 Å². The smallest absolute Gasteiger partial charge is 0.325 e. The van der Waals surface area contributed by atoms with Gasteiger partial charge in [-0.25, -0.2) is 0 Å². The third-order valence-corrected chi connectivity index (χ3v) is 4.07. The van der Waals surface area contributed by atoms with Gasteiger partial charge in [-0.1, -0.05) is 29.8 Å². The van der Waals surface area contributed by atoms with E-state index >= 15 is 0 Å². The van der Waals surface area contributed by atoms with Crippen LogP contribution in [0.4, 0.5) is 0 Å². The van der Waals surface area contributed by atoms with Gasteiger partial charge in [-0.15, -0.1) is 0 Å². The van der Waals surface area contributed by atoms with E-state index in [1.807, 2.05) is 18.2 Å².